The first-order chi connectivity index (χ1) is 11.4. The second kappa shape index (κ2) is 3.87. The number of hydrogen-bond acceptors (Lipinski definition) is 1. The normalized spacial score (nSPS) is 20.7. The number of aliphatic hydroxyl groups is 1. The zero-order valence-corrected chi connectivity index (χ0v) is 7.95. The first-order valence-corrected chi connectivity index (χ1v) is 4.22. The summed E-state index contributed by atoms with van der Waals surface area (Å²) in [6.45, 7) is 1.04. The van der Waals surface area contributed by atoms with Crippen molar-refractivity contribution in [3.63, 3.8) is 0 Å². The van der Waals surface area contributed by atoms with E-state index in [9.17, 15) is 5.11 Å². The molecule has 2 aromatic rings. The van der Waals surface area contributed by atoms with Crippen molar-refractivity contribution in [3.8, 4) is 0 Å². The SMILES string of the molecule is [2H]c1c([2H])c([2H])c(C(C)(O)c2c([2H])c([2H])c([2H])c([2H])c2[2H])c([2H])c1[2H]. The van der Waals surface area contributed by atoms with E-state index in [1.54, 1.807) is 0 Å². The Hall–Kier alpha value is -1.60. The molecule has 15 heavy (non-hydrogen) atoms. The fourth-order valence-electron chi connectivity index (χ4n) is 1.11. The van der Waals surface area contributed by atoms with E-state index >= 15 is 0 Å². The highest BCUT2D eigenvalue weighted by Gasteiger charge is 2.24. The van der Waals surface area contributed by atoms with Crippen LogP contribution in [-0.2, 0) is 5.60 Å². The highest BCUT2D eigenvalue weighted by Crippen LogP contribution is 2.28. The van der Waals surface area contributed by atoms with E-state index in [4.69, 9.17) is 13.7 Å². The topological polar surface area (TPSA) is 20.2 Å². The van der Waals surface area contributed by atoms with Crippen LogP contribution in [0.3, 0.4) is 0 Å². The summed E-state index contributed by atoms with van der Waals surface area (Å²) < 4.78 is 77.7. The van der Waals surface area contributed by atoms with Gasteiger partial charge in [0.05, 0.1) is 13.7 Å². The number of rotatable bonds is 2. The quantitative estimate of drug-likeness (QED) is 0.804. The van der Waals surface area contributed by atoms with E-state index in [0.717, 1.165) is 6.92 Å². The van der Waals surface area contributed by atoms with Gasteiger partial charge in [0.15, 0.2) is 0 Å². The van der Waals surface area contributed by atoms with Gasteiger partial charge >= 0.3 is 0 Å². The van der Waals surface area contributed by atoms with Gasteiger partial charge in [0, 0.05) is 0 Å². The van der Waals surface area contributed by atoms with Crippen molar-refractivity contribution in [2.75, 3.05) is 0 Å². The molecule has 76 valence electrons. The van der Waals surface area contributed by atoms with Crippen LogP contribution in [0.2, 0.25) is 0 Å². The molecule has 0 heterocycles. The van der Waals surface area contributed by atoms with E-state index in [1.165, 1.54) is 0 Å². The van der Waals surface area contributed by atoms with E-state index < -0.39 is 77.2 Å². The van der Waals surface area contributed by atoms with Crippen LogP contribution in [0.1, 0.15) is 31.8 Å². The largest absolute Gasteiger partial charge is 0.381 e. The average molecular weight is 208 g/mol. The summed E-state index contributed by atoms with van der Waals surface area (Å²) in [5.41, 5.74) is -3.52. The monoisotopic (exact) mass is 208 g/mol. The summed E-state index contributed by atoms with van der Waals surface area (Å²) in [6.07, 6.45) is 0. The van der Waals surface area contributed by atoms with Crippen molar-refractivity contribution >= 4 is 0 Å². The van der Waals surface area contributed by atoms with Crippen molar-refractivity contribution in [1.29, 1.82) is 0 Å². The van der Waals surface area contributed by atoms with Crippen LogP contribution < -0.4 is 0 Å². The maximum absolute atomic E-state index is 10.9. The van der Waals surface area contributed by atoms with Gasteiger partial charge < -0.3 is 5.11 Å². The zero-order chi connectivity index (χ0) is 19.4. The Morgan fingerprint density at radius 3 is 1.53 bits per heavy atom. The molecule has 2 aromatic carbocycles. The summed E-state index contributed by atoms with van der Waals surface area (Å²) in [4.78, 5) is 0. The summed E-state index contributed by atoms with van der Waals surface area (Å²) in [6, 6.07) is -6.90. The lowest BCUT2D eigenvalue weighted by molar-refractivity contribution is 0.102. The van der Waals surface area contributed by atoms with Gasteiger partial charge in [-0.3, -0.25) is 0 Å². The highest BCUT2D eigenvalue weighted by atomic mass is 16.3. The molecule has 0 amide bonds. The minimum absolute atomic E-state index is 0.558. The molecule has 0 radical (unpaired) electrons. The first-order valence-electron chi connectivity index (χ1n) is 9.22. The molecule has 0 spiro atoms. The third kappa shape index (κ3) is 1.92. The molecule has 0 saturated heterocycles. The molecule has 0 fully saturated rings. The summed E-state index contributed by atoms with van der Waals surface area (Å²) >= 11 is 0. The van der Waals surface area contributed by atoms with Gasteiger partial charge in [-0.15, -0.1) is 0 Å². The van der Waals surface area contributed by atoms with Gasteiger partial charge in [-0.05, 0) is 18.1 Å². The second-order valence-electron chi connectivity index (χ2n) is 3.07. The highest BCUT2D eigenvalue weighted by molar-refractivity contribution is 5.34. The van der Waals surface area contributed by atoms with Crippen LogP contribution >= 0.6 is 0 Å². The molecule has 0 aliphatic heterocycles. The van der Waals surface area contributed by atoms with Crippen molar-refractivity contribution in [1.82, 2.24) is 0 Å². The summed E-state index contributed by atoms with van der Waals surface area (Å²) in [5.74, 6) is 0. The van der Waals surface area contributed by atoms with Crippen molar-refractivity contribution in [3.05, 3.63) is 71.6 Å². The molecule has 0 atom stereocenters. The van der Waals surface area contributed by atoms with Gasteiger partial charge in [0.2, 0.25) is 0 Å². The van der Waals surface area contributed by atoms with Gasteiger partial charge in [0.1, 0.15) is 5.60 Å². The molecule has 1 N–H and O–H groups in total. The predicted molar refractivity (Wildman–Crippen MR) is 61.6 cm³/mol. The Morgan fingerprint density at radius 2 is 1.20 bits per heavy atom. The van der Waals surface area contributed by atoms with Crippen molar-refractivity contribution < 1.29 is 18.8 Å². The Morgan fingerprint density at radius 1 is 0.867 bits per heavy atom. The van der Waals surface area contributed by atoms with Crippen LogP contribution in [0.25, 0.3) is 0 Å². The number of hydrogen-bond donors (Lipinski definition) is 1. The molecule has 2 rings (SSSR count). The van der Waals surface area contributed by atoms with Gasteiger partial charge in [-0.1, -0.05) is 60.4 Å². The third-order valence-corrected chi connectivity index (χ3v) is 1.97. The van der Waals surface area contributed by atoms with Crippen LogP contribution in [0.15, 0.2) is 60.4 Å². The predicted octanol–water partition coefficient (Wildman–Crippen LogP) is 2.94. The van der Waals surface area contributed by atoms with Gasteiger partial charge in [-0.25, -0.2) is 0 Å². The lowest BCUT2D eigenvalue weighted by Gasteiger charge is -2.24. The van der Waals surface area contributed by atoms with Crippen molar-refractivity contribution in [2.24, 2.45) is 0 Å². The first kappa shape index (κ1) is 3.46. The molecule has 0 aliphatic rings. The lowest BCUT2D eigenvalue weighted by Crippen LogP contribution is -2.22. The Labute approximate surface area is 104 Å². The van der Waals surface area contributed by atoms with Gasteiger partial charge in [0.25, 0.3) is 0 Å². The molecule has 0 saturated carbocycles. The standard InChI is InChI=1S/C14H14O/c1-14(15,12-8-4-2-5-9-12)13-10-6-3-7-11-13/h2-11,15H,1H3/i2D,3D,4D,5D,6D,7D,8D,9D,10D,11D. The summed E-state index contributed by atoms with van der Waals surface area (Å²) in [5, 5.41) is 10.9. The van der Waals surface area contributed by atoms with Crippen LogP contribution in [0.4, 0.5) is 0 Å². The van der Waals surface area contributed by atoms with Crippen molar-refractivity contribution in [2.45, 2.75) is 12.5 Å². The second-order valence-corrected chi connectivity index (χ2v) is 3.07. The Bertz CT molecular complexity index is 761. The average Bonchev–Trinajstić information content (AvgIpc) is 2.54. The van der Waals surface area contributed by atoms with E-state index in [2.05, 4.69) is 0 Å². The Kier molecular flexibility index (Phi) is 0.893. The fourth-order valence-corrected chi connectivity index (χ4v) is 1.11. The fraction of sp³-hybridized carbons (Fsp3) is 0.143. The van der Waals surface area contributed by atoms with Crippen LogP contribution in [0, 0.1) is 0 Å². The molecule has 0 aliphatic carbocycles. The van der Waals surface area contributed by atoms with Gasteiger partial charge in [-0.2, -0.15) is 0 Å². The molecule has 1 nitrogen and oxygen atoms in total. The molecular formula is C14H14O. The zero-order valence-electron chi connectivity index (χ0n) is 17.9. The molecular weight excluding hydrogens is 184 g/mol. The van der Waals surface area contributed by atoms with E-state index in [1.807, 2.05) is 0 Å². The minimum atomic E-state index is -2.40. The molecule has 0 bridgehead atoms. The Balaban J connectivity index is 2.96. The lowest BCUT2D eigenvalue weighted by atomic mass is 9.88. The van der Waals surface area contributed by atoms with E-state index in [-0.39, 0.29) is 0 Å². The van der Waals surface area contributed by atoms with Crippen LogP contribution in [0.5, 0.6) is 0 Å². The summed E-state index contributed by atoms with van der Waals surface area (Å²) in [7, 11) is 0. The minimum Gasteiger partial charge on any atom is -0.381 e. The van der Waals surface area contributed by atoms with Crippen LogP contribution in [-0.4, -0.2) is 5.11 Å². The molecule has 0 unspecified atom stereocenters. The molecule has 1 heteroatoms. The maximum Gasteiger partial charge on any atom is 0.112 e. The number of benzene rings is 2. The smallest absolute Gasteiger partial charge is 0.112 e. The maximum atomic E-state index is 10.9. The molecule has 0 aromatic heterocycles. The van der Waals surface area contributed by atoms with E-state index in [0.29, 0.717) is 0 Å². The third-order valence-electron chi connectivity index (χ3n) is 1.97.